The standard InChI is InChI=1S/C15H14O3/c1-18-12-6-5-9-3-2-4-10-7-11(8-13(16)17)15(12)14(9)10/h2-6,11H,7-8H2,1H3,(H,16,17)/t11-/m0/s1. The minimum atomic E-state index is -0.758. The Bertz CT molecular complexity index is 631. The minimum Gasteiger partial charge on any atom is -0.496 e. The summed E-state index contributed by atoms with van der Waals surface area (Å²) in [5.41, 5.74) is 2.29. The lowest BCUT2D eigenvalue weighted by atomic mass is 9.96. The number of ether oxygens (including phenoxy) is 1. The Hall–Kier alpha value is -2.03. The van der Waals surface area contributed by atoms with Crippen molar-refractivity contribution in [2.45, 2.75) is 18.8 Å². The van der Waals surface area contributed by atoms with Gasteiger partial charge in [0.05, 0.1) is 13.5 Å². The zero-order chi connectivity index (χ0) is 12.7. The van der Waals surface area contributed by atoms with Gasteiger partial charge in [-0.25, -0.2) is 0 Å². The van der Waals surface area contributed by atoms with Gasteiger partial charge in [-0.3, -0.25) is 4.79 Å². The van der Waals surface area contributed by atoms with Crippen LogP contribution < -0.4 is 4.74 Å². The van der Waals surface area contributed by atoms with Crippen LogP contribution in [0.2, 0.25) is 0 Å². The zero-order valence-corrected chi connectivity index (χ0v) is 10.1. The van der Waals surface area contributed by atoms with Crippen LogP contribution in [0.5, 0.6) is 5.75 Å². The molecular formula is C15H14O3. The summed E-state index contributed by atoms with van der Waals surface area (Å²) < 4.78 is 5.40. The summed E-state index contributed by atoms with van der Waals surface area (Å²) in [7, 11) is 1.64. The van der Waals surface area contributed by atoms with Crippen LogP contribution in [0.1, 0.15) is 23.5 Å². The summed E-state index contributed by atoms with van der Waals surface area (Å²) in [5.74, 6) is 0.0733. The van der Waals surface area contributed by atoms with Crippen molar-refractivity contribution < 1.29 is 14.6 Å². The second-order valence-corrected chi connectivity index (χ2v) is 4.70. The molecule has 18 heavy (non-hydrogen) atoms. The Labute approximate surface area is 105 Å². The van der Waals surface area contributed by atoms with Crippen LogP contribution in [0, 0.1) is 0 Å². The van der Waals surface area contributed by atoms with E-state index >= 15 is 0 Å². The van der Waals surface area contributed by atoms with Crippen molar-refractivity contribution >= 4 is 16.7 Å². The Kier molecular flexibility index (Phi) is 2.47. The van der Waals surface area contributed by atoms with Crippen LogP contribution in [0.25, 0.3) is 10.8 Å². The number of rotatable bonds is 3. The molecule has 0 heterocycles. The van der Waals surface area contributed by atoms with E-state index in [0.29, 0.717) is 0 Å². The summed E-state index contributed by atoms with van der Waals surface area (Å²) in [6.07, 6.45) is 0.948. The summed E-state index contributed by atoms with van der Waals surface area (Å²) in [6.45, 7) is 0. The van der Waals surface area contributed by atoms with E-state index in [0.717, 1.165) is 23.1 Å². The predicted molar refractivity (Wildman–Crippen MR) is 69.2 cm³/mol. The molecule has 1 aliphatic carbocycles. The van der Waals surface area contributed by atoms with Gasteiger partial charge in [0.15, 0.2) is 0 Å². The first kappa shape index (κ1) is 11.1. The van der Waals surface area contributed by atoms with Crippen molar-refractivity contribution in [1.29, 1.82) is 0 Å². The number of benzene rings is 2. The van der Waals surface area contributed by atoms with E-state index in [9.17, 15) is 4.79 Å². The number of carbonyl (C=O) groups is 1. The Balaban J connectivity index is 2.23. The van der Waals surface area contributed by atoms with Gasteiger partial charge in [-0.1, -0.05) is 24.3 Å². The van der Waals surface area contributed by atoms with Crippen molar-refractivity contribution in [3.05, 3.63) is 41.5 Å². The number of aliphatic carboxylic acids is 1. The van der Waals surface area contributed by atoms with E-state index in [1.807, 2.05) is 18.2 Å². The van der Waals surface area contributed by atoms with Crippen LogP contribution in [0.15, 0.2) is 30.3 Å². The van der Waals surface area contributed by atoms with E-state index in [1.165, 1.54) is 10.9 Å². The van der Waals surface area contributed by atoms with Crippen LogP contribution in [0.3, 0.4) is 0 Å². The van der Waals surface area contributed by atoms with E-state index < -0.39 is 5.97 Å². The monoisotopic (exact) mass is 242 g/mol. The SMILES string of the molecule is COc1ccc2cccc3c2c1[C@H](CC(=O)O)C3. The molecule has 0 aromatic heterocycles. The predicted octanol–water partition coefficient (Wildman–Crippen LogP) is 2.96. The fourth-order valence-electron chi connectivity index (χ4n) is 2.97. The van der Waals surface area contributed by atoms with Gasteiger partial charge in [0, 0.05) is 11.5 Å². The molecule has 3 nitrogen and oxygen atoms in total. The molecule has 0 fully saturated rings. The summed E-state index contributed by atoms with van der Waals surface area (Å²) in [5, 5.41) is 11.4. The molecule has 92 valence electrons. The topological polar surface area (TPSA) is 46.5 Å². The van der Waals surface area contributed by atoms with Crippen LogP contribution in [-0.4, -0.2) is 18.2 Å². The average Bonchev–Trinajstić information content (AvgIpc) is 2.70. The highest BCUT2D eigenvalue weighted by Gasteiger charge is 2.29. The molecule has 2 aromatic carbocycles. The second-order valence-electron chi connectivity index (χ2n) is 4.70. The Morgan fingerprint density at radius 3 is 2.94 bits per heavy atom. The molecule has 3 rings (SSSR count). The molecular weight excluding hydrogens is 228 g/mol. The molecule has 0 aliphatic heterocycles. The molecule has 0 bridgehead atoms. The van der Waals surface area contributed by atoms with Gasteiger partial charge in [-0.05, 0) is 28.8 Å². The van der Waals surface area contributed by atoms with Gasteiger partial charge in [-0.2, -0.15) is 0 Å². The average molecular weight is 242 g/mol. The van der Waals surface area contributed by atoms with Gasteiger partial charge in [0.25, 0.3) is 0 Å². The number of carboxylic acid groups (broad SMARTS) is 1. The van der Waals surface area contributed by atoms with E-state index in [4.69, 9.17) is 9.84 Å². The van der Waals surface area contributed by atoms with E-state index in [1.54, 1.807) is 7.11 Å². The Morgan fingerprint density at radius 2 is 2.22 bits per heavy atom. The van der Waals surface area contributed by atoms with Crippen LogP contribution in [-0.2, 0) is 11.2 Å². The summed E-state index contributed by atoms with van der Waals surface area (Å²) >= 11 is 0. The highest BCUT2D eigenvalue weighted by molar-refractivity contribution is 5.94. The first-order valence-corrected chi connectivity index (χ1v) is 6.01. The van der Waals surface area contributed by atoms with Crippen molar-refractivity contribution in [1.82, 2.24) is 0 Å². The number of hydrogen-bond donors (Lipinski definition) is 1. The normalized spacial score (nSPS) is 17.1. The second kappa shape index (κ2) is 4.02. The van der Waals surface area contributed by atoms with Crippen molar-refractivity contribution in [3.8, 4) is 5.75 Å². The highest BCUT2D eigenvalue weighted by Crippen LogP contribution is 2.44. The van der Waals surface area contributed by atoms with Crippen LogP contribution >= 0.6 is 0 Å². The van der Waals surface area contributed by atoms with Gasteiger partial charge >= 0.3 is 5.97 Å². The zero-order valence-electron chi connectivity index (χ0n) is 10.1. The lowest BCUT2D eigenvalue weighted by molar-refractivity contribution is -0.137. The molecule has 0 saturated heterocycles. The van der Waals surface area contributed by atoms with Gasteiger partial charge in [0.2, 0.25) is 0 Å². The lowest BCUT2D eigenvalue weighted by Crippen LogP contribution is -2.06. The molecule has 0 amide bonds. The highest BCUT2D eigenvalue weighted by atomic mass is 16.5. The molecule has 1 aliphatic rings. The maximum absolute atomic E-state index is 11.0. The third-order valence-electron chi connectivity index (χ3n) is 3.65. The van der Waals surface area contributed by atoms with E-state index in [-0.39, 0.29) is 12.3 Å². The van der Waals surface area contributed by atoms with Gasteiger partial charge < -0.3 is 9.84 Å². The molecule has 1 N–H and O–H groups in total. The number of methoxy groups -OCH3 is 1. The first-order valence-electron chi connectivity index (χ1n) is 6.01. The lowest BCUT2D eigenvalue weighted by Gasteiger charge is -2.13. The molecule has 3 heteroatoms. The maximum atomic E-state index is 11.0. The fraction of sp³-hybridized carbons (Fsp3) is 0.267. The van der Waals surface area contributed by atoms with Crippen molar-refractivity contribution in [2.75, 3.05) is 7.11 Å². The largest absolute Gasteiger partial charge is 0.496 e. The van der Waals surface area contributed by atoms with Crippen molar-refractivity contribution in [2.24, 2.45) is 0 Å². The number of carboxylic acids is 1. The van der Waals surface area contributed by atoms with Crippen molar-refractivity contribution in [3.63, 3.8) is 0 Å². The molecule has 2 aromatic rings. The molecule has 0 unspecified atom stereocenters. The van der Waals surface area contributed by atoms with E-state index in [2.05, 4.69) is 12.1 Å². The quantitative estimate of drug-likeness (QED) is 0.900. The fourth-order valence-corrected chi connectivity index (χ4v) is 2.97. The summed E-state index contributed by atoms with van der Waals surface area (Å²) in [6, 6.07) is 10.1. The maximum Gasteiger partial charge on any atom is 0.303 e. The molecule has 0 saturated carbocycles. The third-order valence-corrected chi connectivity index (χ3v) is 3.65. The number of hydrogen-bond acceptors (Lipinski definition) is 2. The molecule has 0 spiro atoms. The van der Waals surface area contributed by atoms with Gasteiger partial charge in [0.1, 0.15) is 5.75 Å². The molecule has 0 radical (unpaired) electrons. The third kappa shape index (κ3) is 1.55. The minimum absolute atomic E-state index is 0.0264. The Morgan fingerprint density at radius 1 is 1.39 bits per heavy atom. The molecule has 1 atom stereocenters. The summed E-state index contributed by atoms with van der Waals surface area (Å²) in [4.78, 5) is 11.0. The smallest absolute Gasteiger partial charge is 0.303 e. The van der Waals surface area contributed by atoms with Crippen LogP contribution in [0.4, 0.5) is 0 Å². The van der Waals surface area contributed by atoms with Gasteiger partial charge in [-0.15, -0.1) is 0 Å². The first-order chi connectivity index (χ1) is 8.70.